The first-order chi connectivity index (χ1) is 19.3. The normalized spacial score (nSPS) is 18.9. The van der Waals surface area contributed by atoms with E-state index in [0.29, 0.717) is 42.1 Å². The first-order valence-electron chi connectivity index (χ1n) is 13.1. The molecule has 1 saturated carbocycles. The van der Waals surface area contributed by atoms with E-state index in [2.05, 4.69) is 15.0 Å². The van der Waals surface area contributed by atoms with Gasteiger partial charge in [-0.3, -0.25) is 9.59 Å². The number of nitrogens with one attached hydrogen (secondary N) is 2. The minimum Gasteiger partial charge on any atom is -0.325 e. The Morgan fingerprint density at radius 1 is 1.00 bits per heavy atom. The van der Waals surface area contributed by atoms with E-state index in [0.717, 1.165) is 17.5 Å². The zero-order valence-electron chi connectivity index (χ0n) is 22.3. The lowest BCUT2D eigenvalue weighted by Gasteiger charge is -2.37. The van der Waals surface area contributed by atoms with E-state index in [9.17, 15) is 18.0 Å². The number of carbonyl (C=O) groups is 2. The fourth-order valence-electron chi connectivity index (χ4n) is 5.28. The van der Waals surface area contributed by atoms with Crippen molar-refractivity contribution in [2.24, 2.45) is 4.99 Å². The van der Waals surface area contributed by atoms with Crippen LogP contribution in [0.5, 0.6) is 0 Å². The number of hydrogen-bond donors (Lipinski definition) is 2. The summed E-state index contributed by atoms with van der Waals surface area (Å²) in [5, 5.41) is 3.17. The first-order valence-corrected chi connectivity index (χ1v) is 15.8. The van der Waals surface area contributed by atoms with E-state index in [4.69, 9.17) is 4.99 Å². The van der Waals surface area contributed by atoms with Gasteiger partial charge in [-0.15, -0.1) is 11.8 Å². The lowest BCUT2D eigenvalue weighted by Crippen LogP contribution is -2.62. The summed E-state index contributed by atoms with van der Waals surface area (Å²) in [6, 6.07) is 20.0. The number of nitrogens with zero attached hydrogens (tertiary/aromatic N) is 3. The number of likely N-dealkylation sites (N-methyl/N-ethyl adjacent to an activating group) is 1. The number of anilines is 1. The van der Waals surface area contributed by atoms with Crippen LogP contribution in [0.2, 0.25) is 0 Å². The fourth-order valence-corrected chi connectivity index (χ4v) is 7.76. The second-order valence-electron chi connectivity index (χ2n) is 9.89. The lowest BCUT2D eigenvalue weighted by molar-refractivity contribution is -0.132. The number of benzodiazepines with no additional fused rings is 1. The second-order valence-corrected chi connectivity index (χ2v) is 12.3. The molecule has 11 heteroatoms. The number of sulfonamides is 1. The van der Waals surface area contributed by atoms with Gasteiger partial charge in [0.05, 0.1) is 11.4 Å². The number of pyridine rings is 1. The van der Waals surface area contributed by atoms with Crippen molar-refractivity contribution in [1.29, 1.82) is 0 Å². The summed E-state index contributed by atoms with van der Waals surface area (Å²) in [6.45, 7) is 0. The number of para-hydroxylation sites is 1. The molecule has 3 aromatic rings. The molecule has 5 rings (SSSR count). The molecular formula is C29H31N5O4S2. The number of aliphatic imine (C=N–C) groups is 1. The predicted molar refractivity (Wildman–Crippen MR) is 156 cm³/mol. The summed E-state index contributed by atoms with van der Waals surface area (Å²) in [6.07, 6.45) is 4.86. The molecule has 208 valence electrons. The monoisotopic (exact) mass is 577 g/mol. The summed E-state index contributed by atoms with van der Waals surface area (Å²) < 4.78 is 29.9. The Hall–Kier alpha value is -3.54. The van der Waals surface area contributed by atoms with Gasteiger partial charge in [-0.1, -0.05) is 67.8 Å². The van der Waals surface area contributed by atoms with Crippen LogP contribution in [0.15, 0.2) is 87.8 Å². The van der Waals surface area contributed by atoms with Crippen LogP contribution >= 0.6 is 11.8 Å². The highest BCUT2D eigenvalue weighted by Gasteiger charge is 2.45. The van der Waals surface area contributed by atoms with E-state index in [1.807, 2.05) is 54.6 Å². The maximum absolute atomic E-state index is 14.0. The number of thioether (sulfide) groups is 1. The van der Waals surface area contributed by atoms with Gasteiger partial charge in [0.15, 0.2) is 0 Å². The number of fused-ring (bicyclic) bond motifs is 1. The smallest absolute Gasteiger partial charge is 0.272 e. The zero-order valence-corrected chi connectivity index (χ0v) is 24.0. The van der Waals surface area contributed by atoms with Crippen molar-refractivity contribution in [3.63, 3.8) is 0 Å². The second kappa shape index (κ2) is 11.5. The zero-order chi connectivity index (χ0) is 28.3. The van der Waals surface area contributed by atoms with Crippen LogP contribution in [-0.4, -0.2) is 55.9 Å². The van der Waals surface area contributed by atoms with Gasteiger partial charge < -0.3 is 10.2 Å². The Kier molecular flexibility index (Phi) is 8.07. The quantitative estimate of drug-likeness (QED) is 0.413. The summed E-state index contributed by atoms with van der Waals surface area (Å²) in [4.78, 5) is 38.1. The van der Waals surface area contributed by atoms with Crippen LogP contribution in [0.1, 0.15) is 43.2 Å². The van der Waals surface area contributed by atoms with Gasteiger partial charge in [-0.25, -0.2) is 18.4 Å². The van der Waals surface area contributed by atoms with Gasteiger partial charge in [-0.2, -0.15) is 4.72 Å². The molecule has 0 bridgehead atoms. The molecule has 1 aliphatic carbocycles. The average molecular weight is 578 g/mol. The Morgan fingerprint density at radius 2 is 1.70 bits per heavy atom. The van der Waals surface area contributed by atoms with Gasteiger partial charge in [0.1, 0.15) is 15.5 Å². The highest BCUT2D eigenvalue weighted by atomic mass is 32.2. The third kappa shape index (κ3) is 5.41. The van der Waals surface area contributed by atoms with Crippen molar-refractivity contribution < 1.29 is 18.0 Å². The number of carbonyl (C=O) groups excluding carboxylic acids is 2. The van der Waals surface area contributed by atoms with Crippen molar-refractivity contribution in [3.05, 3.63) is 84.1 Å². The molecule has 0 saturated heterocycles. The van der Waals surface area contributed by atoms with Crippen LogP contribution in [0.4, 0.5) is 5.69 Å². The first kappa shape index (κ1) is 28.0. The SMILES string of the molecule is CSc1ncccc1S(=O)(=O)NC1(C(=O)NC2N=C(c3ccccc3)c3ccccc3N(C)C2=O)CCCCC1. The van der Waals surface area contributed by atoms with Crippen LogP contribution in [0.25, 0.3) is 0 Å². The van der Waals surface area contributed by atoms with E-state index < -0.39 is 33.5 Å². The van der Waals surface area contributed by atoms with Crippen LogP contribution in [0, 0.1) is 0 Å². The van der Waals surface area contributed by atoms with Crippen molar-refractivity contribution in [2.75, 3.05) is 18.2 Å². The van der Waals surface area contributed by atoms with Gasteiger partial charge in [0, 0.05) is 24.4 Å². The molecule has 1 fully saturated rings. The van der Waals surface area contributed by atoms with Crippen LogP contribution < -0.4 is 14.9 Å². The van der Waals surface area contributed by atoms with Crippen LogP contribution in [-0.2, 0) is 19.6 Å². The van der Waals surface area contributed by atoms with E-state index in [-0.39, 0.29) is 4.90 Å². The van der Waals surface area contributed by atoms with E-state index in [1.54, 1.807) is 19.4 Å². The molecule has 1 aliphatic heterocycles. The number of amides is 2. The molecule has 1 unspecified atom stereocenters. The maximum atomic E-state index is 14.0. The minimum atomic E-state index is -4.10. The van der Waals surface area contributed by atoms with Crippen molar-refractivity contribution in [3.8, 4) is 0 Å². The highest BCUT2D eigenvalue weighted by molar-refractivity contribution is 7.99. The molecule has 2 aliphatic rings. The Labute approximate surface area is 238 Å². The van der Waals surface area contributed by atoms with Gasteiger partial charge in [0.2, 0.25) is 22.1 Å². The largest absolute Gasteiger partial charge is 0.325 e. The van der Waals surface area contributed by atoms with Crippen molar-refractivity contribution >= 4 is 45.0 Å². The molecule has 0 spiro atoms. The number of rotatable bonds is 7. The molecule has 2 aromatic carbocycles. The van der Waals surface area contributed by atoms with Gasteiger partial charge in [0.25, 0.3) is 5.91 Å². The summed E-state index contributed by atoms with van der Waals surface area (Å²) in [5.41, 5.74) is 1.36. The fraction of sp³-hybridized carbons (Fsp3) is 0.310. The number of hydrogen-bond acceptors (Lipinski definition) is 7. The minimum absolute atomic E-state index is 0.0189. The third-order valence-corrected chi connectivity index (χ3v) is 9.76. The maximum Gasteiger partial charge on any atom is 0.272 e. The number of benzene rings is 2. The highest BCUT2D eigenvalue weighted by Crippen LogP contribution is 2.33. The molecule has 2 N–H and O–H groups in total. The van der Waals surface area contributed by atoms with Gasteiger partial charge >= 0.3 is 0 Å². The van der Waals surface area contributed by atoms with E-state index in [1.165, 1.54) is 28.9 Å². The molecule has 0 radical (unpaired) electrons. The van der Waals surface area contributed by atoms with Crippen LogP contribution in [0.3, 0.4) is 0 Å². The molecule has 2 amide bonds. The molecule has 2 heterocycles. The third-order valence-electron chi connectivity index (χ3n) is 7.35. The molecule has 40 heavy (non-hydrogen) atoms. The summed E-state index contributed by atoms with van der Waals surface area (Å²) >= 11 is 1.22. The standard InChI is InChI=1S/C29H31N5O4S2/c1-34-22-15-8-7-14-21(22)24(20-12-5-3-6-13-20)31-25(27(34)35)32-28(36)29(17-9-4-10-18-29)33-40(37,38)23-16-11-19-30-26(23)39-2/h3,5-8,11-16,19,25,33H,4,9-10,17-18H2,1-2H3,(H,32,36). The average Bonchev–Trinajstić information content (AvgIpc) is 3.08. The summed E-state index contributed by atoms with van der Waals surface area (Å²) in [7, 11) is -2.45. The Balaban J connectivity index is 1.52. The predicted octanol–water partition coefficient (Wildman–Crippen LogP) is 3.74. The Morgan fingerprint density at radius 3 is 2.42 bits per heavy atom. The van der Waals surface area contributed by atoms with Gasteiger partial charge in [-0.05, 0) is 37.3 Å². The van der Waals surface area contributed by atoms with Crippen molar-refractivity contribution in [1.82, 2.24) is 15.0 Å². The lowest BCUT2D eigenvalue weighted by atomic mass is 9.82. The number of aromatic nitrogens is 1. The molecular weight excluding hydrogens is 546 g/mol. The topological polar surface area (TPSA) is 121 Å². The Bertz CT molecular complexity index is 1550. The molecule has 1 aromatic heterocycles. The molecule has 1 atom stereocenters. The summed E-state index contributed by atoms with van der Waals surface area (Å²) in [5.74, 6) is -0.989. The van der Waals surface area contributed by atoms with E-state index >= 15 is 0 Å². The molecule has 9 nitrogen and oxygen atoms in total. The van der Waals surface area contributed by atoms with Crippen molar-refractivity contribution in [2.45, 2.75) is 53.7 Å².